The average Bonchev–Trinajstić information content (AvgIpc) is 3.13. The summed E-state index contributed by atoms with van der Waals surface area (Å²) in [4.78, 5) is 9.71. The van der Waals surface area contributed by atoms with Gasteiger partial charge < -0.3 is 14.6 Å². The molecule has 0 aliphatic carbocycles. The fourth-order valence-corrected chi connectivity index (χ4v) is 3.83. The lowest BCUT2D eigenvalue weighted by Gasteiger charge is -2.34. The molecule has 1 atom stereocenters. The molecule has 0 radical (unpaired) electrons. The molecule has 22 heavy (non-hydrogen) atoms. The van der Waals surface area contributed by atoms with E-state index >= 15 is 0 Å². The van der Waals surface area contributed by atoms with Crippen LogP contribution in [0.1, 0.15) is 21.6 Å². The largest absolute Gasteiger partial charge is 0.379 e. The summed E-state index contributed by atoms with van der Waals surface area (Å²) < 4.78 is 7.56. The highest BCUT2D eigenvalue weighted by molar-refractivity contribution is 7.12. The molecular formula is C16H24N4OS. The molecule has 0 amide bonds. The van der Waals surface area contributed by atoms with E-state index in [0.717, 1.165) is 45.2 Å². The van der Waals surface area contributed by atoms with E-state index in [1.807, 2.05) is 30.8 Å². The van der Waals surface area contributed by atoms with Gasteiger partial charge in [0.15, 0.2) is 0 Å². The molecule has 1 N–H and O–H groups in total. The Bertz CT molecular complexity index is 588. The number of hydrogen-bond donors (Lipinski definition) is 1. The van der Waals surface area contributed by atoms with Crippen LogP contribution >= 0.6 is 11.3 Å². The van der Waals surface area contributed by atoms with Crippen molar-refractivity contribution in [1.82, 2.24) is 19.8 Å². The van der Waals surface area contributed by atoms with E-state index in [9.17, 15) is 0 Å². The molecule has 1 aliphatic heterocycles. The highest BCUT2D eigenvalue weighted by Crippen LogP contribution is 2.27. The molecule has 3 rings (SSSR count). The normalized spacial score (nSPS) is 17.7. The van der Waals surface area contributed by atoms with Gasteiger partial charge in [0.2, 0.25) is 0 Å². The highest BCUT2D eigenvalue weighted by Gasteiger charge is 2.23. The van der Waals surface area contributed by atoms with Crippen molar-refractivity contribution in [2.75, 3.05) is 32.8 Å². The summed E-state index contributed by atoms with van der Waals surface area (Å²) in [6, 6.07) is 4.90. The van der Waals surface area contributed by atoms with Crippen LogP contribution in [0.2, 0.25) is 0 Å². The Morgan fingerprint density at radius 1 is 1.36 bits per heavy atom. The SMILES string of the molecule is Cc1ccc([C@H](CNCc2nccn2C)N2CCOCC2)s1. The summed E-state index contributed by atoms with van der Waals surface area (Å²) in [6.45, 7) is 7.59. The van der Waals surface area contributed by atoms with Crippen molar-refractivity contribution in [3.63, 3.8) is 0 Å². The van der Waals surface area contributed by atoms with E-state index in [-0.39, 0.29) is 0 Å². The van der Waals surface area contributed by atoms with Crippen LogP contribution in [0.5, 0.6) is 0 Å². The van der Waals surface area contributed by atoms with Crippen LogP contribution in [0.3, 0.4) is 0 Å². The first kappa shape index (κ1) is 15.7. The summed E-state index contributed by atoms with van der Waals surface area (Å²) in [7, 11) is 2.03. The molecule has 5 nitrogen and oxygen atoms in total. The Kier molecular flexibility index (Phi) is 5.25. The van der Waals surface area contributed by atoms with Crippen molar-refractivity contribution in [3.05, 3.63) is 40.1 Å². The first-order chi connectivity index (χ1) is 10.7. The zero-order valence-corrected chi connectivity index (χ0v) is 14.1. The number of nitrogens with zero attached hydrogens (tertiary/aromatic N) is 3. The maximum Gasteiger partial charge on any atom is 0.122 e. The molecular weight excluding hydrogens is 296 g/mol. The quantitative estimate of drug-likeness (QED) is 0.883. The molecule has 2 aromatic rings. The van der Waals surface area contributed by atoms with Crippen molar-refractivity contribution in [1.29, 1.82) is 0 Å². The van der Waals surface area contributed by atoms with E-state index in [1.165, 1.54) is 9.75 Å². The van der Waals surface area contributed by atoms with Gasteiger partial charge in [-0.3, -0.25) is 4.90 Å². The minimum absolute atomic E-state index is 0.419. The van der Waals surface area contributed by atoms with Gasteiger partial charge in [0.25, 0.3) is 0 Å². The monoisotopic (exact) mass is 320 g/mol. The number of hydrogen-bond acceptors (Lipinski definition) is 5. The molecule has 0 saturated carbocycles. The number of morpholine rings is 1. The predicted molar refractivity (Wildman–Crippen MR) is 89.1 cm³/mol. The van der Waals surface area contributed by atoms with Gasteiger partial charge >= 0.3 is 0 Å². The van der Waals surface area contributed by atoms with E-state index in [2.05, 4.69) is 38.8 Å². The summed E-state index contributed by atoms with van der Waals surface area (Å²) in [5, 5.41) is 3.57. The summed E-state index contributed by atoms with van der Waals surface area (Å²) >= 11 is 1.90. The fourth-order valence-electron chi connectivity index (χ4n) is 2.82. The third kappa shape index (κ3) is 3.76. The molecule has 0 unspecified atom stereocenters. The molecule has 1 aliphatic rings. The lowest BCUT2D eigenvalue weighted by Crippen LogP contribution is -2.42. The van der Waals surface area contributed by atoms with Crippen molar-refractivity contribution in [2.24, 2.45) is 7.05 Å². The minimum atomic E-state index is 0.419. The zero-order chi connectivity index (χ0) is 15.4. The number of aromatic nitrogens is 2. The van der Waals surface area contributed by atoms with Gasteiger partial charge in [-0.15, -0.1) is 11.3 Å². The molecule has 0 bridgehead atoms. The highest BCUT2D eigenvalue weighted by atomic mass is 32.1. The van der Waals surface area contributed by atoms with Gasteiger partial charge in [-0.05, 0) is 19.1 Å². The van der Waals surface area contributed by atoms with Crippen LogP contribution < -0.4 is 5.32 Å². The predicted octanol–water partition coefficient (Wildman–Crippen LogP) is 1.95. The van der Waals surface area contributed by atoms with Gasteiger partial charge in [0, 0.05) is 48.8 Å². The molecule has 1 saturated heterocycles. The first-order valence-corrected chi connectivity index (χ1v) is 8.61. The van der Waals surface area contributed by atoms with Gasteiger partial charge in [0.05, 0.1) is 25.8 Å². The van der Waals surface area contributed by atoms with Gasteiger partial charge in [-0.1, -0.05) is 0 Å². The standard InChI is InChI=1S/C16H24N4OS/c1-13-3-4-15(22-13)14(20-7-9-21-10-8-20)11-17-12-16-18-5-6-19(16)2/h3-6,14,17H,7-12H2,1-2H3/t14-/m0/s1. The Labute approximate surface area is 135 Å². The second kappa shape index (κ2) is 7.37. The number of thiophene rings is 1. The van der Waals surface area contributed by atoms with Crippen LogP contribution in [0.4, 0.5) is 0 Å². The first-order valence-electron chi connectivity index (χ1n) is 7.79. The lowest BCUT2D eigenvalue weighted by molar-refractivity contribution is 0.0168. The second-order valence-corrected chi connectivity index (χ2v) is 7.02. The average molecular weight is 320 g/mol. The maximum absolute atomic E-state index is 5.50. The number of ether oxygens (including phenoxy) is 1. The van der Waals surface area contributed by atoms with E-state index in [0.29, 0.717) is 6.04 Å². The van der Waals surface area contributed by atoms with Gasteiger partial charge in [0.1, 0.15) is 5.82 Å². The number of aryl methyl sites for hydroxylation is 2. The number of imidazole rings is 1. The minimum Gasteiger partial charge on any atom is -0.379 e. The van der Waals surface area contributed by atoms with Crippen molar-refractivity contribution in [3.8, 4) is 0 Å². The molecule has 3 heterocycles. The molecule has 0 aromatic carbocycles. The maximum atomic E-state index is 5.50. The summed E-state index contributed by atoms with van der Waals surface area (Å²) in [6.07, 6.45) is 3.83. The fraction of sp³-hybridized carbons (Fsp3) is 0.562. The topological polar surface area (TPSA) is 42.3 Å². The van der Waals surface area contributed by atoms with Crippen molar-refractivity contribution in [2.45, 2.75) is 19.5 Å². The van der Waals surface area contributed by atoms with Gasteiger partial charge in [-0.25, -0.2) is 4.98 Å². The Hall–Kier alpha value is -1.21. The van der Waals surface area contributed by atoms with E-state index < -0.39 is 0 Å². The van der Waals surface area contributed by atoms with Crippen molar-refractivity contribution < 1.29 is 4.74 Å². The molecule has 2 aromatic heterocycles. The van der Waals surface area contributed by atoms with Crippen molar-refractivity contribution >= 4 is 11.3 Å². The van der Waals surface area contributed by atoms with Crippen LogP contribution in [-0.4, -0.2) is 47.3 Å². The Morgan fingerprint density at radius 3 is 2.82 bits per heavy atom. The smallest absolute Gasteiger partial charge is 0.122 e. The zero-order valence-electron chi connectivity index (χ0n) is 13.3. The van der Waals surface area contributed by atoms with Crippen LogP contribution in [-0.2, 0) is 18.3 Å². The number of nitrogens with one attached hydrogen (secondary N) is 1. The summed E-state index contributed by atoms with van der Waals surface area (Å²) in [5.74, 6) is 1.07. The second-order valence-electron chi connectivity index (χ2n) is 5.70. The summed E-state index contributed by atoms with van der Waals surface area (Å²) in [5.41, 5.74) is 0. The van der Waals surface area contributed by atoms with Crippen LogP contribution in [0, 0.1) is 6.92 Å². The van der Waals surface area contributed by atoms with E-state index in [1.54, 1.807) is 0 Å². The molecule has 120 valence electrons. The van der Waals surface area contributed by atoms with Crippen LogP contribution in [0.15, 0.2) is 24.5 Å². The molecule has 1 fully saturated rings. The molecule has 0 spiro atoms. The Morgan fingerprint density at radius 2 is 2.18 bits per heavy atom. The van der Waals surface area contributed by atoms with Crippen LogP contribution in [0.25, 0.3) is 0 Å². The number of rotatable bonds is 6. The Balaban J connectivity index is 1.64. The third-order valence-electron chi connectivity index (χ3n) is 4.12. The lowest BCUT2D eigenvalue weighted by atomic mass is 10.2. The van der Waals surface area contributed by atoms with E-state index in [4.69, 9.17) is 4.74 Å². The molecule has 6 heteroatoms. The third-order valence-corrected chi connectivity index (χ3v) is 5.22. The van der Waals surface area contributed by atoms with Gasteiger partial charge in [-0.2, -0.15) is 0 Å².